The maximum Gasteiger partial charge on any atom is 0.270 e. The molecule has 0 saturated carbocycles. The standard InChI is InChI=1S/C10H12N4O3/c11-10(15)8-3-7(14(16)17)1-2-9(8)13-6-4-12-5-6/h1-3,6,12-13H,4-5H2,(H2,11,15). The monoisotopic (exact) mass is 236 g/mol. The summed E-state index contributed by atoms with van der Waals surface area (Å²) < 4.78 is 0. The van der Waals surface area contributed by atoms with Crippen LogP contribution in [0.4, 0.5) is 11.4 Å². The molecule has 1 aliphatic heterocycles. The maximum absolute atomic E-state index is 11.2. The van der Waals surface area contributed by atoms with Crippen LogP contribution in [0.1, 0.15) is 10.4 Å². The molecule has 1 fully saturated rings. The Labute approximate surface area is 97.1 Å². The topological polar surface area (TPSA) is 110 Å². The van der Waals surface area contributed by atoms with Crippen molar-refractivity contribution in [3.63, 3.8) is 0 Å². The van der Waals surface area contributed by atoms with Crippen LogP contribution in [-0.2, 0) is 0 Å². The van der Waals surface area contributed by atoms with Crippen molar-refractivity contribution >= 4 is 17.3 Å². The van der Waals surface area contributed by atoms with Crippen molar-refractivity contribution < 1.29 is 9.72 Å². The van der Waals surface area contributed by atoms with Gasteiger partial charge in [-0.3, -0.25) is 14.9 Å². The van der Waals surface area contributed by atoms with Gasteiger partial charge >= 0.3 is 0 Å². The number of hydrogen-bond donors (Lipinski definition) is 3. The van der Waals surface area contributed by atoms with Gasteiger partial charge in [0.2, 0.25) is 0 Å². The SMILES string of the molecule is NC(=O)c1cc([N+](=O)[O-])ccc1NC1CNC1. The number of primary amides is 1. The predicted octanol–water partition coefficient (Wildman–Crippen LogP) is 0.0774. The second-order valence-electron chi connectivity index (χ2n) is 3.85. The molecule has 7 nitrogen and oxygen atoms in total. The van der Waals surface area contributed by atoms with E-state index in [-0.39, 0.29) is 17.3 Å². The van der Waals surface area contributed by atoms with Gasteiger partial charge < -0.3 is 16.4 Å². The van der Waals surface area contributed by atoms with E-state index in [2.05, 4.69) is 10.6 Å². The first-order chi connectivity index (χ1) is 8.08. The number of anilines is 1. The average molecular weight is 236 g/mol. The number of rotatable bonds is 4. The molecule has 4 N–H and O–H groups in total. The molecule has 0 bridgehead atoms. The molecule has 17 heavy (non-hydrogen) atoms. The van der Waals surface area contributed by atoms with E-state index < -0.39 is 10.8 Å². The molecule has 7 heteroatoms. The molecule has 0 unspecified atom stereocenters. The first-order valence-electron chi connectivity index (χ1n) is 5.13. The first kappa shape index (κ1) is 11.3. The van der Waals surface area contributed by atoms with Gasteiger partial charge in [-0.2, -0.15) is 0 Å². The molecule has 0 aromatic heterocycles. The molecule has 90 valence electrons. The minimum Gasteiger partial charge on any atom is -0.379 e. The molecular formula is C10H12N4O3. The highest BCUT2D eigenvalue weighted by atomic mass is 16.6. The Kier molecular flexibility index (Phi) is 2.92. The Balaban J connectivity index is 2.30. The number of benzene rings is 1. The largest absolute Gasteiger partial charge is 0.379 e. The fourth-order valence-corrected chi connectivity index (χ4v) is 1.59. The van der Waals surface area contributed by atoms with Crippen LogP contribution in [0.2, 0.25) is 0 Å². The highest BCUT2D eigenvalue weighted by molar-refractivity contribution is 5.99. The molecular weight excluding hydrogens is 224 g/mol. The van der Waals surface area contributed by atoms with Gasteiger partial charge in [-0.1, -0.05) is 0 Å². The Morgan fingerprint density at radius 3 is 2.71 bits per heavy atom. The Morgan fingerprint density at radius 1 is 1.53 bits per heavy atom. The molecule has 0 spiro atoms. The quantitative estimate of drug-likeness (QED) is 0.506. The van der Waals surface area contributed by atoms with Crippen molar-refractivity contribution in [2.45, 2.75) is 6.04 Å². The molecule has 1 saturated heterocycles. The van der Waals surface area contributed by atoms with Gasteiger partial charge in [-0.15, -0.1) is 0 Å². The van der Waals surface area contributed by atoms with Gasteiger partial charge in [0, 0.05) is 30.9 Å². The summed E-state index contributed by atoms with van der Waals surface area (Å²) in [5.74, 6) is -0.677. The van der Waals surface area contributed by atoms with E-state index in [0.717, 1.165) is 13.1 Å². The van der Waals surface area contributed by atoms with Crippen molar-refractivity contribution in [2.24, 2.45) is 5.73 Å². The molecule has 0 aliphatic carbocycles. The van der Waals surface area contributed by atoms with Gasteiger partial charge in [0.25, 0.3) is 11.6 Å². The molecule has 1 aliphatic rings. The number of amides is 1. The Morgan fingerprint density at radius 2 is 2.24 bits per heavy atom. The van der Waals surface area contributed by atoms with E-state index in [1.807, 2.05) is 0 Å². The van der Waals surface area contributed by atoms with E-state index in [1.54, 1.807) is 0 Å². The molecule has 1 aromatic carbocycles. The zero-order valence-electron chi connectivity index (χ0n) is 8.97. The second kappa shape index (κ2) is 4.38. The third kappa shape index (κ3) is 2.34. The molecule has 1 aromatic rings. The van der Waals surface area contributed by atoms with Crippen molar-refractivity contribution in [2.75, 3.05) is 18.4 Å². The summed E-state index contributed by atoms with van der Waals surface area (Å²) >= 11 is 0. The average Bonchev–Trinajstić information content (AvgIpc) is 2.23. The molecule has 1 amide bonds. The van der Waals surface area contributed by atoms with Gasteiger partial charge in [0.1, 0.15) is 0 Å². The van der Waals surface area contributed by atoms with Gasteiger partial charge in [0.15, 0.2) is 0 Å². The number of non-ortho nitro benzene ring substituents is 1. The zero-order chi connectivity index (χ0) is 12.4. The highest BCUT2D eigenvalue weighted by Crippen LogP contribution is 2.22. The van der Waals surface area contributed by atoms with Crippen LogP contribution in [0, 0.1) is 10.1 Å². The third-order valence-corrected chi connectivity index (χ3v) is 2.62. The number of nitro groups is 1. The van der Waals surface area contributed by atoms with Crippen LogP contribution in [-0.4, -0.2) is 30.0 Å². The van der Waals surface area contributed by atoms with E-state index in [4.69, 9.17) is 5.73 Å². The lowest BCUT2D eigenvalue weighted by molar-refractivity contribution is -0.384. The molecule has 1 heterocycles. The lowest BCUT2D eigenvalue weighted by Gasteiger charge is -2.29. The van der Waals surface area contributed by atoms with Crippen molar-refractivity contribution in [1.82, 2.24) is 5.32 Å². The van der Waals surface area contributed by atoms with E-state index in [0.29, 0.717) is 5.69 Å². The smallest absolute Gasteiger partial charge is 0.270 e. The Bertz CT molecular complexity index is 471. The zero-order valence-corrected chi connectivity index (χ0v) is 8.97. The molecule has 0 radical (unpaired) electrons. The van der Waals surface area contributed by atoms with Crippen molar-refractivity contribution in [3.8, 4) is 0 Å². The summed E-state index contributed by atoms with van der Waals surface area (Å²) in [5.41, 5.74) is 5.74. The number of nitrogens with two attached hydrogens (primary N) is 1. The summed E-state index contributed by atoms with van der Waals surface area (Å²) in [6.45, 7) is 1.60. The molecule has 0 atom stereocenters. The van der Waals surface area contributed by atoms with Gasteiger partial charge in [0.05, 0.1) is 16.5 Å². The third-order valence-electron chi connectivity index (χ3n) is 2.62. The Hall–Kier alpha value is -2.15. The minimum absolute atomic E-state index is 0.143. The van der Waals surface area contributed by atoms with Crippen LogP contribution in [0.25, 0.3) is 0 Å². The summed E-state index contributed by atoms with van der Waals surface area (Å²) in [7, 11) is 0. The van der Waals surface area contributed by atoms with Crippen molar-refractivity contribution in [1.29, 1.82) is 0 Å². The number of carbonyl (C=O) groups is 1. The number of nitro benzene ring substituents is 1. The van der Waals surface area contributed by atoms with Crippen LogP contribution < -0.4 is 16.4 Å². The van der Waals surface area contributed by atoms with Crippen LogP contribution in [0.15, 0.2) is 18.2 Å². The van der Waals surface area contributed by atoms with Crippen LogP contribution in [0.5, 0.6) is 0 Å². The highest BCUT2D eigenvalue weighted by Gasteiger charge is 2.20. The van der Waals surface area contributed by atoms with Crippen LogP contribution >= 0.6 is 0 Å². The number of carbonyl (C=O) groups excluding carboxylic acids is 1. The summed E-state index contributed by atoms with van der Waals surface area (Å²) in [5, 5.41) is 16.8. The minimum atomic E-state index is -0.677. The summed E-state index contributed by atoms with van der Waals surface area (Å²) in [6, 6.07) is 4.28. The fraction of sp³-hybridized carbons (Fsp3) is 0.300. The summed E-state index contributed by atoms with van der Waals surface area (Å²) in [6.07, 6.45) is 0. The molecule has 2 rings (SSSR count). The van der Waals surface area contributed by atoms with Gasteiger partial charge in [-0.25, -0.2) is 0 Å². The second-order valence-corrected chi connectivity index (χ2v) is 3.85. The lowest BCUT2D eigenvalue weighted by atomic mass is 10.1. The first-order valence-corrected chi connectivity index (χ1v) is 5.13. The van der Waals surface area contributed by atoms with E-state index in [9.17, 15) is 14.9 Å². The number of hydrogen-bond acceptors (Lipinski definition) is 5. The number of nitrogens with zero attached hydrogens (tertiary/aromatic N) is 1. The van der Waals surface area contributed by atoms with E-state index in [1.165, 1.54) is 18.2 Å². The lowest BCUT2D eigenvalue weighted by Crippen LogP contribution is -2.51. The maximum atomic E-state index is 11.2. The van der Waals surface area contributed by atoms with E-state index >= 15 is 0 Å². The van der Waals surface area contributed by atoms with Crippen molar-refractivity contribution in [3.05, 3.63) is 33.9 Å². The number of nitrogens with one attached hydrogen (secondary N) is 2. The summed E-state index contributed by atoms with van der Waals surface area (Å²) in [4.78, 5) is 21.3. The fourth-order valence-electron chi connectivity index (χ4n) is 1.59. The predicted molar refractivity (Wildman–Crippen MR) is 61.9 cm³/mol. The van der Waals surface area contributed by atoms with Gasteiger partial charge in [-0.05, 0) is 6.07 Å². The van der Waals surface area contributed by atoms with Crippen LogP contribution in [0.3, 0.4) is 0 Å². The normalized spacial score (nSPS) is 15.1.